The molecule has 0 fully saturated rings. The Morgan fingerprint density at radius 1 is 1.19 bits per heavy atom. The van der Waals surface area contributed by atoms with Crippen LogP contribution >= 0.6 is 11.8 Å². The smallest absolute Gasteiger partial charge is 0.416 e. The highest BCUT2D eigenvalue weighted by Gasteiger charge is 2.33. The number of benzene rings is 2. The van der Waals surface area contributed by atoms with Gasteiger partial charge >= 0.3 is 6.18 Å². The first-order valence-corrected chi connectivity index (χ1v) is 10.1. The molecule has 168 valence electrons. The van der Waals surface area contributed by atoms with E-state index in [9.17, 15) is 28.1 Å². The third kappa shape index (κ3) is 6.51. The van der Waals surface area contributed by atoms with E-state index < -0.39 is 22.4 Å². The molecule has 2 aromatic rings. The molecular weight excluding hydrogens is 437 g/mol. The molecule has 0 bridgehead atoms. The van der Waals surface area contributed by atoms with Crippen molar-refractivity contribution < 1.29 is 32.4 Å². The highest BCUT2D eigenvalue weighted by atomic mass is 32.2. The molecule has 0 aliphatic rings. The largest absolute Gasteiger partial charge is 0.493 e. The second-order valence-corrected chi connectivity index (χ2v) is 7.41. The quantitative estimate of drug-likeness (QED) is 0.306. The van der Waals surface area contributed by atoms with E-state index in [0.717, 1.165) is 29.5 Å². The molecule has 0 radical (unpaired) electrons. The maximum Gasteiger partial charge on any atom is 0.416 e. The predicted octanol–water partition coefficient (Wildman–Crippen LogP) is 4.77. The van der Waals surface area contributed by atoms with Gasteiger partial charge in [-0.3, -0.25) is 14.9 Å². The van der Waals surface area contributed by atoms with Crippen LogP contribution in [0.3, 0.4) is 0 Å². The molecule has 0 N–H and O–H groups in total. The molecule has 11 heteroatoms. The summed E-state index contributed by atoms with van der Waals surface area (Å²) in [5.41, 5.74) is -1.02. The van der Waals surface area contributed by atoms with Gasteiger partial charge in [-0.05, 0) is 36.8 Å². The fourth-order valence-corrected chi connectivity index (χ4v) is 3.60. The van der Waals surface area contributed by atoms with Crippen LogP contribution in [0.4, 0.5) is 18.9 Å². The van der Waals surface area contributed by atoms with Gasteiger partial charge in [-0.1, -0.05) is 6.07 Å². The van der Waals surface area contributed by atoms with Gasteiger partial charge in [0, 0.05) is 19.7 Å². The molecule has 0 heterocycles. The number of nitro groups is 1. The summed E-state index contributed by atoms with van der Waals surface area (Å²) >= 11 is 0.813. The van der Waals surface area contributed by atoms with Crippen molar-refractivity contribution in [3.8, 4) is 11.5 Å². The zero-order valence-corrected chi connectivity index (χ0v) is 17.9. The first-order chi connectivity index (χ1) is 14.6. The number of halogens is 3. The van der Waals surface area contributed by atoms with Crippen LogP contribution < -0.4 is 9.47 Å². The third-order valence-corrected chi connectivity index (χ3v) is 5.25. The Kier molecular flexibility index (Phi) is 8.14. The molecule has 1 amide bonds. The zero-order chi connectivity index (χ0) is 23.2. The van der Waals surface area contributed by atoms with E-state index in [0.29, 0.717) is 24.2 Å². The number of nitrogens with zero attached hydrogens (tertiary/aromatic N) is 2. The van der Waals surface area contributed by atoms with Gasteiger partial charge in [0.2, 0.25) is 5.91 Å². The third-order valence-electron chi connectivity index (χ3n) is 4.21. The normalized spacial score (nSPS) is 11.2. The number of methoxy groups -OCH3 is 1. The molecule has 31 heavy (non-hydrogen) atoms. The first-order valence-electron chi connectivity index (χ1n) is 9.09. The van der Waals surface area contributed by atoms with E-state index in [1.807, 2.05) is 6.92 Å². The molecule has 0 atom stereocenters. The van der Waals surface area contributed by atoms with Gasteiger partial charge in [0.05, 0.1) is 34.9 Å². The minimum atomic E-state index is -4.69. The van der Waals surface area contributed by atoms with Crippen molar-refractivity contribution in [1.82, 2.24) is 4.90 Å². The summed E-state index contributed by atoms with van der Waals surface area (Å²) in [4.78, 5) is 24.1. The van der Waals surface area contributed by atoms with Crippen molar-refractivity contribution in [2.75, 3.05) is 26.5 Å². The number of carbonyl (C=O) groups is 1. The van der Waals surface area contributed by atoms with Crippen LogP contribution in [0.1, 0.15) is 18.1 Å². The summed E-state index contributed by atoms with van der Waals surface area (Å²) in [7, 11) is 3.07. The van der Waals surface area contributed by atoms with E-state index in [4.69, 9.17) is 9.47 Å². The lowest BCUT2D eigenvalue weighted by Crippen LogP contribution is -2.27. The topological polar surface area (TPSA) is 81.9 Å². The summed E-state index contributed by atoms with van der Waals surface area (Å²) in [5.74, 6) is 0.589. The van der Waals surface area contributed by atoms with Gasteiger partial charge in [-0.2, -0.15) is 13.2 Å². The SMILES string of the molecule is CCOc1ccc(CN(C)C(=O)CSc2ccc(C(F)(F)F)cc2[N+](=O)[O-])cc1OC. The lowest BCUT2D eigenvalue weighted by atomic mass is 10.2. The van der Waals surface area contributed by atoms with Crippen LogP contribution in [-0.4, -0.2) is 42.2 Å². The number of ether oxygens (including phenoxy) is 2. The van der Waals surface area contributed by atoms with Crippen molar-refractivity contribution in [2.24, 2.45) is 0 Å². The highest BCUT2D eigenvalue weighted by Crippen LogP contribution is 2.36. The summed E-state index contributed by atoms with van der Waals surface area (Å²) in [6.07, 6.45) is -4.69. The molecule has 0 unspecified atom stereocenters. The molecule has 0 aromatic heterocycles. The molecule has 0 aliphatic carbocycles. The van der Waals surface area contributed by atoms with Gasteiger partial charge in [0.1, 0.15) is 0 Å². The van der Waals surface area contributed by atoms with Crippen LogP contribution in [0.2, 0.25) is 0 Å². The second-order valence-electron chi connectivity index (χ2n) is 6.39. The Morgan fingerprint density at radius 3 is 2.48 bits per heavy atom. The molecule has 0 saturated carbocycles. The number of rotatable bonds is 9. The van der Waals surface area contributed by atoms with Gasteiger partial charge in [-0.15, -0.1) is 11.8 Å². The number of amides is 1. The van der Waals surface area contributed by atoms with Crippen LogP contribution in [0.25, 0.3) is 0 Å². The number of thioether (sulfide) groups is 1. The van der Waals surface area contributed by atoms with E-state index in [-0.39, 0.29) is 23.1 Å². The van der Waals surface area contributed by atoms with Crippen LogP contribution in [0.15, 0.2) is 41.3 Å². The molecule has 7 nitrogen and oxygen atoms in total. The van der Waals surface area contributed by atoms with Gasteiger partial charge in [0.25, 0.3) is 5.69 Å². The zero-order valence-electron chi connectivity index (χ0n) is 17.1. The van der Waals surface area contributed by atoms with Crippen molar-refractivity contribution in [3.63, 3.8) is 0 Å². The van der Waals surface area contributed by atoms with Crippen LogP contribution in [0, 0.1) is 10.1 Å². The van der Waals surface area contributed by atoms with Crippen LogP contribution in [0.5, 0.6) is 11.5 Å². The van der Waals surface area contributed by atoms with E-state index in [1.54, 1.807) is 25.2 Å². The summed E-state index contributed by atoms with van der Waals surface area (Å²) < 4.78 is 49.1. The molecule has 2 aromatic carbocycles. The van der Waals surface area contributed by atoms with Crippen molar-refractivity contribution in [2.45, 2.75) is 24.5 Å². The van der Waals surface area contributed by atoms with Gasteiger partial charge < -0.3 is 14.4 Å². The monoisotopic (exact) mass is 458 g/mol. The Hall–Kier alpha value is -2.95. The van der Waals surface area contributed by atoms with E-state index in [2.05, 4.69) is 0 Å². The lowest BCUT2D eigenvalue weighted by Gasteiger charge is -2.18. The number of hydrogen-bond donors (Lipinski definition) is 0. The molecule has 0 saturated heterocycles. The number of carbonyl (C=O) groups excluding carboxylic acids is 1. The van der Waals surface area contributed by atoms with Gasteiger partial charge in [-0.25, -0.2) is 0 Å². The minimum Gasteiger partial charge on any atom is -0.493 e. The maximum absolute atomic E-state index is 12.8. The van der Waals surface area contributed by atoms with Crippen LogP contribution in [-0.2, 0) is 17.5 Å². The van der Waals surface area contributed by atoms with Crippen molar-refractivity contribution >= 4 is 23.4 Å². The minimum absolute atomic E-state index is 0.0116. The van der Waals surface area contributed by atoms with Gasteiger partial charge in [0.15, 0.2) is 11.5 Å². The fourth-order valence-electron chi connectivity index (χ4n) is 2.66. The Balaban J connectivity index is 2.06. The molecular formula is C20H21F3N2O5S. The molecule has 0 spiro atoms. The highest BCUT2D eigenvalue weighted by molar-refractivity contribution is 8.00. The average Bonchev–Trinajstić information content (AvgIpc) is 2.72. The van der Waals surface area contributed by atoms with E-state index >= 15 is 0 Å². The number of hydrogen-bond acceptors (Lipinski definition) is 6. The molecule has 2 rings (SSSR count). The van der Waals surface area contributed by atoms with E-state index in [1.165, 1.54) is 12.0 Å². The fraction of sp³-hybridized carbons (Fsp3) is 0.350. The van der Waals surface area contributed by atoms with Crippen molar-refractivity contribution in [3.05, 3.63) is 57.6 Å². The Morgan fingerprint density at radius 2 is 1.90 bits per heavy atom. The number of nitro benzene ring substituents is 1. The average molecular weight is 458 g/mol. The first kappa shape index (κ1) is 24.3. The Labute approximate surface area is 181 Å². The number of alkyl halides is 3. The standard InChI is InChI=1S/C20H21F3N2O5S/c1-4-30-16-7-5-13(9-17(16)29-3)11-24(2)19(26)12-31-18-8-6-14(20(21,22)23)10-15(18)25(27)28/h5-10H,4,11-12H2,1-3H3. The lowest BCUT2D eigenvalue weighted by molar-refractivity contribution is -0.388. The summed E-state index contributed by atoms with van der Waals surface area (Å²) in [6.45, 7) is 2.57. The Bertz CT molecular complexity index is 953. The predicted molar refractivity (Wildman–Crippen MR) is 109 cm³/mol. The molecule has 0 aliphatic heterocycles. The van der Waals surface area contributed by atoms with Crippen molar-refractivity contribution in [1.29, 1.82) is 0 Å². The second kappa shape index (κ2) is 10.4. The maximum atomic E-state index is 12.8. The summed E-state index contributed by atoms with van der Waals surface area (Å²) in [5, 5.41) is 11.2. The summed E-state index contributed by atoms with van der Waals surface area (Å²) in [6, 6.07) is 7.50.